The molecule has 0 aliphatic carbocycles. The molecule has 0 aliphatic heterocycles. The molecule has 0 aromatic heterocycles. The lowest BCUT2D eigenvalue weighted by atomic mass is 9.96. The van der Waals surface area contributed by atoms with E-state index in [1.54, 1.807) is 6.07 Å². The number of nitrogens with one attached hydrogen (secondary N) is 1. The van der Waals surface area contributed by atoms with Gasteiger partial charge < -0.3 is 5.32 Å². The summed E-state index contributed by atoms with van der Waals surface area (Å²) in [5, 5.41) is 3.43. The van der Waals surface area contributed by atoms with Crippen molar-refractivity contribution in [2.24, 2.45) is 5.92 Å². The SMILES string of the molecule is CCNC(Cc1cc(F)cc(Br)c1)C(C)C. The Kier molecular flexibility index (Phi) is 5.42. The average Bonchev–Trinajstić information content (AvgIpc) is 2.15. The van der Waals surface area contributed by atoms with Crippen molar-refractivity contribution in [3.05, 3.63) is 34.1 Å². The van der Waals surface area contributed by atoms with Crippen LogP contribution in [0, 0.1) is 11.7 Å². The molecule has 1 rings (SSSR count). The Balaban J connectivity index is 2.76. The highest BCUT2D eigenvalue weighted by atomic mass is 79.9. The van der Waals surface area contributed by atoms with Crippen molar-refractivity contribution in [2.75, 3.05) is 6.54 Å². The lowest BCUT2D eigenvalue weighted by Gasteiger charge is -2.22. The van der Waals surface area contributed by atoms with Gasteiger partial charge in [-0.2, -0.15) is 0 Å². The molecule has 1 atom stereocenters. The molecule has 0 fully saturated rings. The minimum absolute atomic E-state index is 0.177. The van der Waals surface area contributed by atoms with Crippen molar-refractivity contribution in [1.29, 1.82) is 0 Å². The van der Waals surface area contributed by atoms with Crippen LogP contribution >= 0.6 is 15.9 Å². The van der Waals surface area contributed by atoms with Crippen LogP contribution in [0.4, 0.5) is 4.39 Å². The van der Waals surface area contributed by atoms with Gasteiger partial charge >= 0.3 is 0 Å². The van der Waals surface area contributed by atoms with Crippen LogP contribution in [-0.4, -0.2) is 12.6 Å². The fourth-order valence-electron chi connectivity index (χ4n) is 1.79. The lowest BCUT2D eigenvalue weighted by molar-refractivity contribution is 0.404. The van der Waals surface area contributed by atoms with E-state index in [0.717, 1.165) is 23.0 Å². The highest BCUT2D eigenvalue weighted by molar-refractivity contribution is 9.10. The fourth-order valence-corrected chi connectivity index (χ4v) is 2.30. The van der Waals surface area contributed by atoms with Crippen molar-refractivity contribution < 1.29 is 4.39 Å². The van der Waals surface area contributed by atoms with Crippen LogP contribution in [0.25, 0.3) is 0 Å². The van der Waals surface area contributed by atoms with Crippen LogP contribution in [0.15, 0.2) is 22.7 Å². The van der Waals surface area contributed by atoms with Gasteiger partial charge in [-0.15, -0.1) is 0 Å². The monoisotopic (exact) mass is 287 g/mol. The largest absolute Gasteiger partial charge is 0.314 e. The summed E-state index contributed by atoms with van der Waals surface area (Å²) in [6.45, 7) is 7.40. The van der Waals surface area contributed by atoms with Gasteiger partial charge in [0.1, 0.15) is 5.82 Å². The third-order valence-corrected chi connectivity index (χ3v) is 3.11. The second kappa shape index (κ2) is 6.36. The molecule has 0 spiro atoms. The van der Waals surface area contributed by atoms with Gasteiger partial charge in [0.25, 0.3) is 0 Å². The first-order valence-corrected chi connectivity index (χ1v) is 6.50. The molecular weight excluding hydrogens is 269 g/mol. The third-order valence-electron chi connectivity index (χ3n) is 2.65. The Labute approximate surface area is 106 Å². The Hall–Kier alpha value is -0.410. The molecule has 1 aromatic carbocycles. The number of hydrogen-bond donors (Lipinski definition) is 1. The van der Waals surface area contributed by atoms with E-state index in [0.29, 0.717) is 12.0 Å². The summed E-state index contributed by atoms with van der Waals surface area (Å²) in [6.07, 6.45) is 0.863. The van der Waals surface area contributed by atoms with Crippen LogP contribution < -0.4 is 5.32 Å². The van der Waals surface area contributed by atoms with E-state index in [1.807, 2.05) is 6.07 Å². The second-order valence-corrected chi connectivity index (χ2v) is 5.31. The standard InChI is InChI=1S/C13H19BrFN/c1-4-16-13(9(2)3)7-10-5-11(14)8-12(15)6-10/h5-6,8-9,13,16H,4,7H2,1-3H3. The van der Waals surface area contributed by atoms with Crippen LogP contribution in [-0.2, 0) is 6.42 Å². The maximum absolute atomic E-state index is 13.2. The summed E-state index contributed by atoms with van der Waals surface area (Å²) >= 11 is 3.32. The molecule has 0 heterocycles. The summed E-state index contributed by atoms with van der Waals surface area (Å²) in [4.78, 5) is 0. The molecule has 0 saturated heterocycles. The number of likely N-dealkylation sites (N-methyl/N-ethyl adjacent to an activating group) is 1. The first kappa shape index (κ1) is 13.7. The van der Waals surface area contributed by atoms with Crippen LogP contribution in [0.2, 0.25) is 0 Å². The van der Waals surface area contributed by atoms with Gasteiger partial charge in [0.2, 0.25) is 0 Å². The first-order chi connectivity index (χ1) is 7.52. The Morgan fingerprint density at radius 3 is 2.50 bits per heavy atom. The van der Waals surface area contributed by atoms with Gasteiger partial charge in [-0.1, -0.05) is 36.7 Å². The number of halogens is 2. The van der Waals surface area contributed by atoms with Crippen LogP contribution in [0.5, 0.6) is 0 Å². The summed E-state index contributed by atoms with van der Waals surface area (Å²) in [7, 11) is 0. The maximum Gasteiger partial charge on any atom is 0.124 e. The summed E-state index contributed by atoms with van der Waals surface area (Å²) < 4.78 is 14.0. The molecule has 0 aliphatic rings. The smallest absolute Gasteiger partial charge is 0.124 e. The molecule has 0 saturated carbocycles. The van der Waals surface area contributed by atoms with Gasteiger partial charge in [-0.3, -0.25) is 0 Å². The van der Waals surface area contributed by atoms with Crippen molar-refractivity contribution in [2.45, 2.75) is 33.2 Å². The summed E-state index contributed by atoms with van der Waals surface area (Å²) in [5.41, 5.74) is 1.03. The molecule has 1 nitrogen and oxygen atoms in total. The molecule has 1 aromatic rings. The molecular formula is C13H19BrFN. The van der Waals surface area contributed by atoms with E-state index in [-0.39, 0.29) is 5.82 Å². The maximum atomic E-state index is 13.2. The van der Waals surface area contributed by atoms with Gasteiger partial charge in [-0.05, 0) is 42.6 Å². The minimum Gasteiger partial charge on any atom is -0.314 e. The van der Waals surface area contributed by atoms with E-state index >= 15 is 0 Å². The molecule has 90 valence electrons. The fraction of sp³-hybridized carbons (Fsp3) is 0.538. The van der Waals surface area contributed by atoms with Crippen molar-refractivity contribution in [1.82, 2.24) is 5.32 Å². The number of rotatable bonds is 5. The quantitative estimate of drug-likeness (QED) is 0.869. The van der Waals surface area contributed by atoms with Crippen LogP contribution in [0.3, 0.4) is 0 Å². The number of hydrogen-bond acceptors (Lipinski definition) is 1. The van der Waals surface area contributed by atoms with Crippen molar-refractivity contribution >= 4 is 15.9 Å². The predicted molar refractivity (Wildman–Crippen MR) is 70.1 cm³/mol. The Morgan fingerprint density at radius 1 is 1.31 bits per heavy atom. The molecule has 1 unspecified atom stereocenters. The normalized spacial score (nSPS) is 13.1. The number of benzene rings is 1. The summed E-state index contributed by atoms with van der Waals surface area (Å²) in [6, 6.07) is 5.48. The third kappa shape index (κ3) is 4.22. The van der Waals surface area contributed by atoms with E-state index in [9.17, 15) is 4.39 Å². The predicted octanol–water partition coefficient (Wildman–Crippen LogP) is 3.76. The zero-order chi connectivity index (χ0) is 12.1. The molecule has 16 heavy (non-hydrogen) atoms. The zero-order valence-corrected chi connectivity index (χ0v) is 11.6. The highest BCUT2D eigenvalue weighted by Crippen LogP contribution is 2.17. The topological polar surface area (TPSA) is 12.0 Å². The molecule has 3 heteroatoms. The highest BCUT2D eigenvalue weighted by Gasteiger charge is 2.13. The molecule has 1 N–H and O–H groups in total. The van der Waals surface area contributed by atoms with Gasteiger partial charge in [0, 0.05) is 10.5 Å². The van der Waals surface area contributed by atoms with Crippen molar-refractivity contribution in [3.63, 3.8) is 0 Å². The molecule has 0 radical (unpaired) electrons. The van der Waals surface area contributed by atoms with E-state index in [2.05, 4.69) is 42.0 Å². The van der Waals surface area contributed by atoms with Gasteiger partial charge in [-0.25, -0.2) is 4.39 Å². The Bertz CT molecular complexity index is 318. The lowest BCUT2D eigenvalue weighted by Crippen LogP contribution is -2.35. The zero-order valence-electron chi connectivity index (χ0n) is 10.1. The van der Waals surface area contributed by atoms with E-state index in [4.69, 9.17) is 0 Å². The second-order valence-electron chi connectivity index (χ2n) is 4.39. The minimum atomic E-state index is -0.177. The first-order valence-electron chi connectivity index (χ1n) is 5.71. The van der Waals surface area contributed by atoms with Crippen LogP contribution in [0.1, 0.15) is 26.3 Å². The van der Waals surface area contributed by atoms with Gasteiger partial charge in [0.15, 0.2) is 0 Å². The molecule has 0 bridgehead atoms. The average molecular weight is 288 g/mol. The van der Waals surface area contributed by atoms with E-state index in [1.165, 1.54) is 6.07 Å². The van der Waals surface area contributed by atoms with Crippen molar-refractivity contribution in [3.8, 4) is 0 Å². The van der Waals surface area contributed by atoms with Gasteiger partial charge in [0.05, 0.1) is 0 Å². The Morgan fingerprint density at radius 2 is 2.00 bits per heavy atom. The molecule has 0 amide bonds. The van der Waals surface area contributed by atoms with E-state index < -0.39 is 0 Å². The summed E-state index contributed by atoms with van der Waals surface area (Å²) in [5.74, 6) is 0.366.